The minimum atomic E-state index is -0.256. The first-order chi connectivity index (χ1) is 16.0. The molecule has 1 amide bonds. The third-order valence-corrected chi connectivity index (χ3v) is 6.83. The maximum absolute atomic E-state index is 13.4. The Bertz CT molecular complexity index is 1440. The van der Waals surface area contributed by atoms with Crippen LogP contribution < -0.4 is 9.64 Å². The molecule has 0 saturated heterocycles. The molecular weight excluding hydrogens is 416 g/mol. The van der Waals surface area contributed by atoms with Gasteiger partial charge in [-0.3, -0.25) is 14.3 Å². The molecule has 5 heterocycles. The fraction of sp³-hybridized carbons (Fsp3) is 0.280. The zero-order valence-corrected chi connectivity index (χ0v) is 18.4. The van der Waals surface area contributed by atoms with E-state index >= 15 is 0 Å². The van der Waals surface area contributed by atoms with Crippen LogP contribution in [0.3, 0.4) is 0 Å². The number of fused-ring (bicyclic) bond motifs is 5. The predicted octanol–water partition coefficient (Wildman–Crippen LogP) is 4.25. The Hall–Kier alpha value is -3.94. The average Bonchev–Trinajstić information content (AvgIpc) is 3.20. The molecule has 0 radical (unpaired) electrons. The van der Waals surface area contributed by atoms with Gasteiger partial charge in [-0.05, 0) is 56.5 Å². The monoisotopic (exact) mass is 438 g/mol. The van der Waals surface area contributed by atoms with Crippen LogP contribution in [0.15, 0.2) is 55.2 Å². The standard InChI is InChI=1S/C25H22N6O2/c1-15(2)29-9-8-27-23(29)18-4-3-5-22(28-18)30-13-16-10-20-19(11-17(16)24(30)32)31-14-26-12-21(31)25(33-20)6-7-25/h3-5,8-12,14-15H,6-7,13H2,1-2H3. The second-order valence-corrected chi connectivity index (χ2v) is 9.25. The van der Waals surface area contributed by atoms with E-state index in [1.54, 1.807) is 11.1 Å². The van der Waals surface area contributed by atoms with Gasteiger partial charge in [-0.1, -0.05) is 6.07 Å². The molecule has 0 bridgehead atoms. The number of benzene rings is 1. The molecule has 0 N–H and O–H groups in total. The highest BCUT2D eigenvalue weighted by atomic mass is 16.5. The molecule has 8 nitrogen and oxygen atoms in total. The number of aromatic nitrogens is 5. The number of anilines is 1. The largest absolute Gasteiger partial charge is 0.479 e. The van der Waals surface area contributed by atoms with Crippen molar-refractivity contribution in [3.05, 3.63) is 72.1 Å². The van der Waals surface area contributed by atoms with Crippen LogP contribution in [0.5, 0.6) is 5.75 Å². The van der Waals surface area contributed by atoms with Gasteiger partial charge in [0.15, 0.2) is 11.4 Å². The van der Waals surface area contributed by atoms with E-state index in [9.17, 15) is 4.79 Å². The zero-order chi connectivity index (χ0) is 22.3. The van der Waals surface area contributed by atoms with Crippen LogP contribution in [0.4, 0.5) is 5.82 Å². The SMILES string of the molecule is CC(C)n1ccnc1-c1cccc(N2Cc3cc4c(cc3C2=O)-n2cncc2C2(CC2)O4)n1. The molecule has 33 heavy (non-hydrogen) atoms. The molecule has 1 aliphatic carbocycles. The van der Waals surface area contributed by atoms with Gasteiger partial charge in [0.25, 0.3) is 5.91 Å². The summed E-state index contributed by atoms with van der Waals surface area (Å²) in [6, 6.07) is 9.94. The van der Waals surface area contributed by atoms with E-state index in [1.807, 2.05) is 49.1 Å². The first-order valence-electron chi connectivity index (χ1n) is 11.3. The van der Waals surface area contributed by atoms with Crippen molar-refractivity contribution in [3.8, 4) is 23.0 Å². The van der Waals surface area contributed by atoms with Gasteiger partial charge in [0, 0.05) is 24.0 Å². The lowest BCUT2D eigenvalue weighted by Crippen LogP contribution is -2.25. The number of nitrogens with zero attached hydrogens (tertiary/aromatic N) is 6. The maximum atomic E-state index is 13.4. The molecule has 3 aliphatic rings. The molecule has 0 unspecified atom stereocenters. The lowest BCUT2D eigenvalue weighted by Gasteiger charge is -2.28. The van der Waals surface area contributed by atoms with Crippen molar-refractivity contribution in [2.45, 2.75) is 44.9 Å². The predicted molar refractivity (Wildman–Crippen MR) is 121 cm³/mol. The Morgan fingerprint density at radius 2 is 2.06 bits per heavy atom. The van der Waals surface area contributed by atoms with Crippen LogP contribution in [0, 0.1) is 0 Å². The van der Waals surface area contributed by atoms with Crippen molar-refractivity contribution in [1.82, 2.24) is 24.1 Å². The third-order valence-electron chi connectivity index (χ3n) is 6.83. The summed E-state index contributed by atoms with van der Waals surface area (Å²) in [4.78, 5) is 28.8. The van der Waals surface area contributed by atoms with Crippen LogP contribution >= 0.6 is 0 Å². The molecular formula is C25H22N6O2. The Labute approximate surface area is 190 Å². The molecule has 4 aromatic rings. The Morgan fingerprint density at radius 3 is 2.88 bits per heavy atom. The minimum Gasteiger partial charge on any atom is -0.479 e. The van der Waals surface area contributed by atoms with Crippen molar-refractivity contribution < 1.29 is 9.53 Å². The summed E-state index contributed by atoms with van der Waals surface area (Å²) in [7, 11) is 0. The molecule has 1 fully saturated rings. The van der Waals surface area contributed by atoms with Gasteiger partial charge in [0.05, 0.1) is 30.5 Å². The van der Waals surface area contributed by atoms with E-state index in [4.69, 9.17) is 9.72 Å². The second kappa shape index (κ2) is 6.31. The van der Waals surface area contributed by atoms with E-state index in [0.717, 1.165) is 47.1 Å². The number of amides is 1. The molecule has 164 valence electrons. The van der Waals surface area contributed by atoms with Crippen molar-refractivity contribution in [3.63, 3.8) is 0 Å². The lowest BCUT2D eigenvalue weighted by molar-refractivity contribution is 0.0996. The second-order valence-electron chi connectivity index (χ2n) is 9.25. The summed E-state index contributed by atoms with van der Waals surface area (Å²) in [5.41, 5.74) is 4.06. The minimum absolute atomic E-state index is 0.0574. The van der Waals surface area contributed by atoms with E-state index < -0.39 is 0 Å². The third kappa shape index (κ3) is 2.57. The van der Waals surface area contributed by atoms with E-state index in [-0.39, 0.29) is 17.6 Å². The fourth-order valence-corrected chi connectivity index (χ4v) is 4.97. The maximum Gasteiger partial charge on any atom is 0.260 e. The topological polar surface area (TPSA) is 78.1 Å². The van der Waals surface area contributed by atoms with Gasteiger partial charge in [-0.2, -0.15) is 0 Å². The Morgan fingerprint density at radius 1 is 1.18 bits per heavy atom. The highest BCUT2D eigenvalue weighted by Crippen LogP contribution is 2.54. The molecule has 8 heteroatoms. The van der Waals surface area contributed by atoms with Crippen LogP contribution in [-0.4, -0.2) is 30.0 Å². The van der Waals surface area contributed by atoms with Crippen LogP contribution in [-0.2, 0) is 12.1 Å². The van der Waals surface area contributed by atoms with Crippen LogP contribution in [0.1, 0.15) is 54.3 Å². The summed E-state index contributed by atoms with van der Waals surface area (Å²) in [5.74, 6) is 2.17. The summed E-state index contributed by atoms with van der Waals surface area (Å²) >= 11 is 0. The molecule has 7 rings (SSSR count). The summed E-state index contributed by atoms with van der Waals surface area (Å²) < 4.78 is 10.5. The zero-order valence-electron chi connectivity index (χ0n) is 18.4. The van der Waals surface area contributed by atoms with E-state index in [2.05, 4.69) is 32.9 Å². The van der Waals surface area contributed by atoms with Gasteiger partial charge in [0.1, 0.15) is 17.3 Å². The number of hydrogen-bond acceptors (Lipinski definition) is 5. The van der Waals surface area contributed by atoms with Crippen molar-refractivity contribution in [2.75, 3.05) is 4.90 Å². The van der Waals surface area contributed by atoms with Gasteiger partial charge in [-0.25, -0.2) is 15.0 Å². The van der Waals surface area contributed by atoms with Gasteiger partial charge in [-0.15, -0.1) is 0 Å². The molecule has 0 atom stereocenters. The quantitative estimate of drug-likeness (QED) is 0.478. The molecule has 3 aromatic heterocycles. The average molecular weight is 438 g/mol. The number of carbonyl (C=O) groups excluding carboxylic acids is 1. The summed E-state index contributed by atoms with van der Waals surface area (Å²) in [6.07, 6.45) is 9.39. The lowest BCUT2D eigenvalue weighted by atomic mass is 10.1. The Balaban J connectivity index is 1.27. The van der Waals surface area contributed by atoms with Crippen LogP contribution in [0.25, 0.3) is 17.2 Å². The van der Waals surface area contributed by atoms with Gasteiger partial charge >= 0.3 is 0 Å². The summed E-state index contributed by atoms with van der Waals surface area (Å²) in [6.45, 7) is 4.68. The van der Waals surface area contributed by atoms with Crippen LogP contribution in [0.2, 0.25) is 0 Å². The molecule has 2 aliphatic heterocycles. The molecule has 1 spiro atoms. The number of imidazole rings is 2. The number of ether oxygens (including phenoxy) is 1. The summed E-state index contributed by atoms with van der Waals surface area (Å²) in [5, 5.41) is 0. The van der Waals surface area contributed by atoms with Gasteiger partial charge < -0.3 is 9.30 Å². The highest BCUT2D eigenvalue weighted by Gasteiger charge is 2.52. The molecule has 1 aromatic carbocycles. The first kappa shape index (κ1) is 18.6. The molecule has 1 saturated carbocycles. The number of rotatable bonds is 3. The number of carbonyl (C=O) groups is 1. The smallest absolute Gasteiger partial charge is 0.260 e. The fourth-order valence-electron chi connectivity index (χ4n) is 4.97. The highest BCUT2D eigenvalue weighted by molar-refractivity contribution is 6.10. The number of hydrogen-bond donors (Lipinski definition) is 0. The van der Waals surface area contributed by atoms with Crippen molar-refractivity contribution in [1.29, 1.82) is 0 Å². The van der Waals surface area contributed by atoms with Gasteiger partial charge in [0.2, 0.25) is 0 Å². The van der Waals surface area contributed by atoms with E-state index in [0.29, 0.717) is 17.9 Å². The normalized spacial score (nSPS) is 17.2. The van der Waals surface area contributed by atoms with E-state index in [1.165, 1.54) is 0 Å². The van der Waals surface area contributed by atoms with Crippen molar-refractivity contribution in [2.24, 2.45) is 0 Å². The van der Waals surface area contributed by atoms with Crippen molar-refractivity contribution >= 4 is 11.7 Å². The Kier molecular flexibility index (Phi) is 3.56. The number of pyridine rings is 1. The first-order valence-corrected chi connectivity index (χ1v) is 11.3.